The molecular formula is C7H6N4O2. The molecule has 0 aliphatic rings. The van der Waals surface area contributed by atoms with Crippen molar-refractivity contribution < 1.29 is 4.92 Å². The van der Waals surface area contributed by atoms with Gasteiger partial charge in [-0.15, -0.1) is 0 Å². The van der Waals surface area contributed by atoms with Crippen molar-refractivity contribution in [2.24, 2.45) is 0 Å². The maximum absolute atomic E-state index is 10.4. The third-order valence-corrected chi connectivity index (χ3v) is 1.75. The van der Waals surface area contributed by atoms with Crippen molar-refractivity contribution in [2.75, 3.05) is 5.73 Å². The Morgan fingerprint density at radius 2 is 2.31 bits per heavy atom. The Labute approximate surface area is 72.5 Å². The number of nitro groups is 1. The number of nitrogen functional groups attached to an aromatic ring is 1. The fourth-order valence-electron chi connectivity index (χ4n) is 1.17. The largest absolute Gasteiger partial charge is 0.397 e. The molecule has 3 N–H and O–H groups in total. The first-order valence-corrected chi connectivity index (χ1v) is 3.55. The van der Waals surface area contributed by atoms with Crippen LogP contribution in [0.2, 0.25) is 0 Å². The fourth-order valence-corrected chi connectivity index (χ4v) is 1.17. The van der Waals surface area contributed by atoms with Gasteiger partial charge in [0, 0.05) is 12.1 Å². The quantitative estimate of drug-likeness (QED) is 0.387. The Morgan fingerprint density at radius 1 is 1.54 bits per heavy atom. The maximum Gasteiger partial charge on any atom is 0.273 e. The average molecular weight is 178 g/mol. The molecule has 0 saturated carbocycles. The molecule has 0 amide bonds. The lowest BCUT2D eigenvalue weighted by Gasteiger charge is -1.95. The summed E-state index contributed by atoms with van der Waals surface area (Å²) in [7, 11) is 0. The summed E-state index contributed by atoms with van der Waals surface area (Å²) in [5.41, 5.74) is 6.97. The van der Waals surface area contributed by atoms with Gasteiger partial charge in [0.05, 0.1) is 22.5 Å². The third kappa shape index (κ3) is 1.08. The molecule has 13 heavy (non-hydrogen) atoms. The summed E-state index contributed by atoms with van der Waals surface area (Å²) in [5, 5.41) is 10.4. The molecule has 2 aromatic rings. The van der Waals surface area contributed by atoms with E-state index in [0.717, 1.165) is 0 Å². The molecule has 0 radical (unpaired) electrons. The number of benzene rings is 1. The molecule has 0 bridgehead atoms. The molecule has 2 rings (SSSR count). The second kappa shape index (κ2) is 2.44. The number of aromatic nitrogens is 2. The normalized spacial score (nSPS) is 10.5. The Hall–Kier alpha value is -2.11. The summed E-state index contributed by atoms with van der Waals surface area (Å²) in [6.07, 6.45) is 1.45. The average Bonchev–Trinajstić information content (AvgIpc) is 2.51. The topological polar surface area (TPSA) is 97.8 Å². The Balaban J connectivity index is 2.77. The summed E-state index contributed by atoms with van der Waals surface area (Å²) >= 11 is 0. The SMILES string of the molecule is Nc1cc([N+](=O)[O-])cc2[nH]cnc12. The first-order valence-electron chi connectivity index (χ1n) is 3.55. The van der Waals surface area contributed by atoms with Gasteiger partial charge in [0.2, 0.25) is 0 Å². The standard InChI is InChI=1S/C7H6N4O2/c8-5-1-4(11(12)13)2-6-7(5)10-3-9-6/h1-3H,8H2,(H,9,10). The Bertz CT molecular complexity index is 476. The number of non-ortho nitro benzene ring substituents is 1. The molecule has 0 atom stereocenters. The van der Waals surface area contributed by atoms with Crippen LogP contribution < -0.4 is 5.73 Å². The van der Waals surface area contributed by atoms with Gasteiger partial charge in [-0.3, -0.25) is 10.1 Å². The van der Waals surface area contributed by atoms with Crippen LogP contribution in [0.1, 0.15) is 0 Å². The molecule has 66 valence electrons. The minimum atomic E-state index is -0.489. The monoisotopic (exact) mass is 178 g/mol. The van der Waals surface area contributed by atoms with Crippen LogP contribution in [0, 0.1) is 10.1 Å². The molecule has 0 spiro atoms. The highest BCUT2D eigenvalue weighted by Crippen LogP contribution is 2.23. The number of rotatable bonds is 1. The number of nitrogens with one attached hydrogen (secondary N) is 1. The number of anilines is 1. The van der Waals surface area contributed by atoms with E-state index in [0.29, 0.717) is 16.7 Å². The van der Waals surface area contributed by atoms with E-state index in [1.54, 1.807) is 0 Å². The number of hydrogen-bond donors (Lipinski definition) is 2. The summed E-state index contributed by atoms with van der Waals surface area (Å²) in [5.74, 6) is 0. The van der Waals surface area contributed by atoms with Crippen molar-refractivity contribution in [3.8, 4) is 0 Å². The number of nitro benzene ring substituents is 1. The molecule has 0 aliphatic heterocycles. The fraction of sp³-hybridized carbons (Fsp3) is 0. The van der Waals surface area contributed by atoms with E-state index in [1.165, 1.54) is 18.5 Å². The number of imidazole rings is 1. The summed E-state index contributed by atoms with van der Waals surface area (Å²) in [6, 6.07) is 2.70. The highest BCUT2D eigenvalue weighted by molar-refractivity contribution is 5.89. The van der Waals surface area contributed by atoms with Gasteiger partial charge in [-0.25, -0.2) is 4.98 Å². The zero-order valence-electron chi connectivity index (χ0n) is 6.52. The van der Waals surface area contributed by atoms with Crippen molar-refractivity contribution in [3.05, 3.63) is 28.6 Å². The van der Waals surface area contributed by atoms with Crippen LogP contribution in [0.5, 0.6) is 0 Å². The summed E-state index contributed by atoms with van der Waals surface area (Å²) in [6.45, 7) is 0. The van der Waals surface area contributed by atoms with Gasteiger partial charge >= 0.3 is 0 Å². The lowest BCUT2D eigenvalue weighted by atomic mass is 10.2. The molecule has 1 aromatic carbocycles. The van der Waals surface area contributed by atoms with Gasteiger partial charge in [0.15, 0.2) is 0 Å². The van der Waals surface area contributed by atoms with Crippen molar-refractivity contribution in [1.29, 1.82) is 0 Å². The van der Waals surface area contributed by atoms with Crippen LogP contribution in [0.4, 0.5) is 11.4 Å². The Morgan fingerprint density at radius 3 is 3.00 bits per heavy atom. The Kier molecular flexibility index (Phi) is 1.42. The summed E-state index contributed by atoms with van der Waals surface area (Å²) < 4.78 is 0. The molecule has 0 fully saturated rings. The van der Waals surface area contributed by atoms with Gasteiger partial charge < -0.3 is 10.7 Å². The second-order valence-corrected chi connectivity index (χ2v) is 2.59. The van der Waals surface area contributed by atoms with Gasteiger partial charge in [-0.05, 0) is 0 Å². The third-order valence-electron chi connectivity index (χ3n) is 1.75. The number of H-pyrrole nitrogens is 1. The number of hydrogen-bond acceptors (Lipinski definition) is 4. The van der Waals surface area contributed by atoms with Crippen LogP contribution >= 0.6 is 0 Å². The van der Waals surface area contributed by atoms with Crippen LogP contribution in [0.3, 0.4) is 0 Å². The van der Waals surface area contributed by atoms with Crippen LogP contribution in [-0.4, -0.2) is 14.9 Å². The number of nitrogens with two attached hydrogens (primary N) is 1. The van der Waals surface area contributed by atoms with Gasteiger partial charge in [-0.1, -0.05) is 0 Å². The lowest BCUT2D eigenvalue weighted by molar-refractivity contribution is -0.384. The van der Waals surface area contributed by atoms with Crippen molar-refractivity contribution >= 4 is 22.4 Å². The van der Waals surface area contributed by atoms with E-state index in [-0.39, 0.29) is 5.69 Å². The first-order chi connectivity index (χ1) is 6.18. The molecule has 0 saturated heterocycles. The van der Waals surface area contributed by atoms with Gasteiger partial charge in [-0.2, -0.15) is 0 Å². The lowest BCUT2D eigenvalue weighted by Crippen LogP contribution is -1.92. The second-order valence-electron chi connectivity index (χ2n) is 2.59. The predicted molar refractivity (Wildman–Crippen MR) is 47.2 cm³/mol. The number of nitrogens with zero attached hydrogens (tertiary/aromatic N) is 2. The first kappa shape index (κ1) is 7.53. The van der Waals surface area contributed by atoms with E-state index in [2.05, 4.69) is 9.97 Å². The van der Waals surface area contributed by atoms with Crippen molar-refractivity contribution in [2.45, 2.75) is 0 Å². The molecule has 6 nitrogen and oxygen atoms in total. The predicted octanol–water partition coefficient (Wildman–Crippen LogP) is 1.05. The molecule has 1 heterocycles. The van der Waals surface area contributed by atoms with Crippen molar-refractivity contribution in [1.82, 2.24) is 9.97 Å². The molecule has 1 aromatic heterocycles. The zero-order chi connectivity index (χ0) is 9.42. The highest BCUT2D eigenvalue weighted by Gasteiger charge is 2.10. The molecular weight excluding hydrogens is 172 g/mol. The van der Waals surface area contributed by atoms with E-state index in [4.69, 9.17) is 5.73 Å². The maximum atomic E-state index is 10.4. The smallest absolute Gasteiger partial charge is 0.273 e. The van der Waals surface area contributed by atoms with Crippen molar-refractivity contribution in [3.63, 3.8) is 0 Å². The van der Waals surface area contributed by atoms with E-state index < -0.39 is 4.92 Å². The number of fused-ring (bicyclic) bond motifs is 1. The molecule has 6 heteroatoms. The zero-order valence-corrected chi connectivity index (χ0v) is 6.52. The number of aromatic amines is 1. The van der Waals surface area contributed by atoms with E-state index >= 15 is 0 Å². The minimum absolute atomic E-state index is 0.0331. The molecule has 0 unspecified atom stereocenters. The van der Waals surface area contributed by atoms with Gasteiger partial charge in [0.25, 0.3) is 5.69 Å². The van der Waals surface area contributed by atoms with E-state index in [1.807, 2.05) is 0 Å². The summed E-state index contributed by atoms with van der Waals surface area (Å²) in [4.78, 5) is 16.6. The van der Waals surface area contributed by atoms with Crippen LogP contribution in [-0.2, 0) is 0 Å². The molecule has 0 aliphatic carbocycles. The van der Waals surface area contributed by atoms with Crippen LogP contribution in [0.25, 0.3) is 11.0 Å². The van der Waals surface area contributed by atoms with Gasteiger partial charge in [0.1, 0.15) is 5.52 Å². The van der Waals surface area contributed by atoms with Crippen LogP contribution in [0.15, 0.2) is 18.5 Å². The van der Waals surface area contributed by atoms with E-state index in [9.17, 15) is 10.1 Å². The minimum Gasteiger partial charge on any atom is -0.397 e. The highest BCUT2D eigenvalue weighted by atomic mass is 16.6.